The van der Waals surface area contributed by atoms with E-state index in [-0.39, 0.29) is 38.1 Å². The van der Waals surface area contributed by atoms with E-state index in [4.69, 9.17) is 9.47 Å². The van der Waals surface area contributed by atoms with Crippen LogP contribution >= 0.6 is 0 Å². The Labute approximate surface area is 263 Å². The largest absolute Gasteiger partial charge is 0.463 e. The second kappa shape index (κ2) is 18.1. The van der Waals surface area contributed by atoms with Crippen molar-refractivity contribution in [2.45, 2.75) is 58.3 Å². The number of amides is 5. The number of benzene rings is 2. The number of carbonyl (C=O) groups is 5. The minimum absolute atomic E-state index is 0.0392. The van der Waals surface area contributed by atoms with Crippen LogP contribution in [0.2, 0.25) is 0 Å². The highest BCUT2D eigenvalue weighted by molar-refractivity contribution is 5.92. The maximum absolute atomic E-state index is 13.7. The topological polar surface area (TPSA) is 155 Å². The van der Waals surface area contributed by atoms with Crippen molar-refractivity contribution in [3.05, 3.63) is 83.9 Å². The molecular formula is C33H43N5O7. The van der Waals surface area contributed by atoms with Crippen LogP contribution in [0, 0.1) is 5.92 Å². The number of carbonyl (C=O) groups excluding carboxylic acids is 5. The lowest BCUT2D eigenvalue weighted by Gasteiger charge is -2.27. The molecule has 242 valence electrons. The Morgan fingerprint density at radius 3 is 2.13 bits per heavy atom. The maximum Gasteiger partial charge on any atom is 0.408 e. The van der Waals surface area contributed by atoms with Crippen LogP contribution < -0.4 is 21.3 Å². The zero-order valence-electron chi connectivity index (χ0n) is 26.0. The van der Waals surface area contributed by atoms with E-state index in [1.54, 1.807) is 6.92 Å². The summed E-state index contributed by atoms with van der Waals surface area (Å²) in [5.74, 6) is -1.62. The third-order valence-corrected chi connectivity index (χ3v) is 6.89. The molecule has 0 unspecified atom stereocenters. The second-order valence-electron chi connectivity index (χ2n) is 11.0. The molecule has 1 fully saturated rings. The molecule has 12 nitrogen and oxygen atoms in total. The molecule has 3 atom stereocenters. The van der Waals surface area contributed by atoms with Gasteiger partial charge in [-0.15, -0.1) is 0 Å². The fraction of sp³-hybridized carbons (Fsp3) is 0.424. The molecule has 4 N–H and O–H groups in total. The summed E-state index contributed by atoms with van der Waals surface area (Å²) >= 11 is 0. The zero-order valence-corrected chi connectivity index (χ0v) is 26.0. The first-order valence-electron chi connectivity index (χ1n) is 15.1. The van der Waals surface area contributed by atoms with E-state index in [2.05, 4.69) is 21.3 Å². The molecule has 0 aliphatic carbocycles. The van der Waals surface area contributed by atoms with Crippen LogP contribution in [0.1, 0.15) is 38.3 Å². The molecule has 2 aromatic carbocycles. The summed E-state index contributed by atoms with van der Waals surface area (Å²) in [6.45, 7) is 6.74. The molecule has 0 bridgehead atoms. The lowest BCUT2D eigenvalue weighted by atomic mass is 10.0. The number of nitrogens with zero attached hydrogens (tertiary/aromatic N) is 1. The molecule has 5 amide bonds. The van der Waals surface area contributed by atoms with Gasteiger partial charge in [-0.05, 0) is 30.4 Å². The quantitative estimate of drug-likeness (QED) is 0.166. The van der Waals surface area contributed by atoms with E-state index in [9.17, 15) is 24.0 Å². The Morgan fingerprint density at radius 2 is 1.53 bits per heavy atom. The van der Waals surface area contributed by atoms with E-state index >= 15 is 0 Å². The van der Waals surface area contributed by atoms with Crippen LogP contribution in [-0.2, 0) is 36.9 Å². The zero-order chi connectivity index (χ0) is 32.6. The number of rotatable bonds is 16. The summed E-state index contributed by atoms with van der Waals surface area (Å²) in [5.41, 5.74) is 1.60. The fourth-order valence-electron chi connectivity index (χ4n) is 4.69. The lowest BCUT2D eigenvalue weighted by Crippen LogP contribution is -2.56. The van der Waals surface area contributed by atoms with Crippen molar-refractivity contribution in [1.29, 1.82) is 0 Å². The molecular weight excluding hydrogens is 578 g/mol. The summed E-state index contributed by atoms with van der Waals surface area (Å²) in [6, 6.07) is 15.3. The van der Waals surface area contributed by atoms with Crippen LogP contribution in [0.25, 0.3) is 0 Å². The van der Waals surface area contributed by atoms with Crippen molar-refractivity contribution in [2.75, 3.05) is 26.2 Å². The standard InChI is InChI=1S/C33H43N5O7/c1-4-44-29(39)16-15-26(21-38-18-17-34-32(38)42)35-30(40)28(20-24-11-7-5-8-12-24)36-31(41)27(19-23(2)3)37-33(43)45-22-25-13-9-6-10-14-25/h5-16,23,26-28H,4,17-22H2,1-3H3,(H,34,42)(H,35,40)(H,36,41)(H,37,43)/t26-,27+,28+/m1/s1. The molecule has 0 spiro atoms. The Balaban J connectivity index is 1.76. The third-order valence-electron chi connectivity index (χ3n) is 6.89. The average molecular weight is 622 g/mol. The van der Waals surface area contributed by atoms with E-state index in [0.29, 0.717) is 19.5 Å². The van der Waals surface area contributed by atoms with Crippen LogP contribution in [0.15, 0.2) is 72.8 Å². The summed E-state index contributed by atoms with van der Waals surface area (Å²) in [7, 11) is 0. The number of urea groups is 1. The molecule has 12 heteroatoms. The predicted octanol–water partition coefficient (Wildman–Crippen LogP) is 2.68. The summed E-state index contributed by atoms with van der Waals surface area (Å²) in [6.07, 6.45) is 2.38. The second-order valence-corrected chi connectivity index (χ2v) is 11.0. The lowest BCUT2D eigenvalue weighted by molar-refractivity contribution is -0.137. The summed E-state index contributed by atoms with van der Waals surface area (Å²) < 4.78 is 10.3. The monoisotopic (exact) mass is 621 g/mol. The van der Waals surface area contributed by atoms with Gasteiger partial charge in [-0.3, -0.25) is 9.59 Å². The highest BCUT2D eigenvalue weighted by Gasteiger charge is 2.30. The van der Waals surface area contributed by atoms with Gasteiger partial charge in [0.15, 0.2) is 0 Å². The molecule has 3 rings (SSSR count). The highest BCUT2D eigenvalue weighted by atomic mass is 16.5. The SMILES string of the molecule is CCOC(=O)C=C[C@H](CN1CCNC1=O)NC(=O)[C@H](Cc1ccccc1)NC(=O)[C@H](CC(C)C)NC(=O)OCc1ccccc1. The molecule has 1 aliphatic heterocycles. The van der Waals surface area contributed by atoms with Gasteiger partial charge in [-0.1, -0.05) is 80.6 Å². The predicted molar refractivity (Wildman–Crippen MR) is 168 cm³/mol. The number of nitrogens with one attached hydrogen (secondary N) is 4. The number of esters is 1. The van der Waals surface area contributed by atoms with Crippen molar-refractivity contribution in [1.82, 2.24) is 26.2 Å². The van der Waals surface area contributed by atoms with Gasteiger partial charge in [0.1, 0.15) is 18.7 Å². The van der Waals surface area contributed by atoms with Crippen molar-refractivity contribution in [2.24, 2.45) is 5.92 Å². The van der Waals surface area contributed by atoms with Crippen molar-refractivity contribution < 1.29 is 33.4 Å². The van der Waals surface area contributed by atoms with Crippen LogP contribution in [-0.4, -0.2) is 79.2 Å². The van der Waals surface area contributed by atoms with Gasteiger partial charge in [0.25, 0.3) is 0 Å². The molecule has 45 heavy (non-hydrogen) atoms. The van der Waals surface area contributed by atoms with E-state index in [1.165, 1.54) is 17.1 Å². The van der Waals surface area contributed by atoms with Gasteiger partial charge < -0.3 is 35.6 Å². The Morgan fingerprint density at radius 1 is 0.889 bits per heavy atom. The van der Waals surface area contributed by atoms with Crippen LogP contribution in [0.5, 0.6) is 0 Å². The molecule has 2 aromatic rings. The Kier molecular flexibility index (Phi) is 13.9. The molecule has 0 saturated carbocycles. The molecule has 1 heterocycles. The average Bonchev–Trinajstić information content (AvgIpc) is 3.42. The minimum atomic E-state index is -1.04. The van der Waals surface area contributed by atoms with Crippen molar-refractivity contribution >= 4 is 29.9 Å². The first kappa shape index (κ1) is 34.6. The Hall–Kier alpha value is -4.87. The van der Waals surface area contributed by atoms with Crippen molar-refractivity contribution in [3.63, 3.8) is 0 Å². The first-order chi connectivity index (χ1) is 21.6. The van der Waals surface area contributed by atoms with E-state index in [0.717, 1.165) is 11.1 Å². The molecule has 1 saturated heterocycles. The van der Waals surface area contributed by atoms with E-state index < -0.39 is 42.0 Å². The maximum atomic E-state index is 13.7. The number of hydrogen-bond donors (Lipinski definition) is 4. The van der Waals surface area contributed by atoms with Gasteiger partial charge >= 0.3 is 18.1 Å². The van der Waals surface area contributed by atoms with Gasteiger partial charge in [-0.2, -0.15) is 0 Å². The smallest absolute Gasteiger partial charge is 0.408 e. The number of hydrogen-bond acceptors (Lipinski definition) is 7. The van der Waals surface area contributed by atoms with Gasteiger partial charge in [0, 0.05) is 32.1 Å². The molecule has 0 radical (unpaired) electrons. The summed E-state index contributed by atoms with van der Waals surface area (Å²) in [5, 5.41) is 11.0. The highest BCUT2D eigenvalue weighted by Crippen LogP contribution is 2.10. The van der Waals surface area contributed by atoms with Gasteiger partial charge in [0.2, 0.25) is 11.8 Å². The third kappa shape index (κ3) is 12.3. The number of ether oxygens (including phenoxy) is 2. The van der Waals surface area contributed by atoms with Crippen molar-refractivity contribution in [3.8, 4) is 0 Å². The normalized spacial score (nSPS) is 14.8. The van der Waals surface area contributed by atoms with Crippen LogP contribution in [0.3, 0.4) is 0 Å². The summed E-state index contributed by atoms with van der Waals surface area (Å²) in [4.78, 5) is 65.7. The van der Waals surface area contributed by atoms with Crippen LogP contribution in [0.4, 0.5) is 9.59 Å². The van der Waals surface area contributed by atoms with Gasteiger partial charge in [0.05, 0.1) is 12.6 Å². The number of alkyl carbamates (subject to hydrolysis) is 1. The first-order valence-corrected chi connectivity index (χ1v) is 15.1. The fourth-order valence-corrected chi connectivity index (χ4v) is 4.69. The molecule has 1 aliphatic rings. The van der Waals surface area contributed by atoms with Gasteiger partial charge in [-0.25, -0.2) is 14.4 Å². The minimum Gasteiger partial charge on any atom is -0.463 e. The van der Waals surface area contributed by atoms with E-state index in [1.807, 2.05) is 74.5 Å². The Bertz CT molecular complexity index is 1300. The molecule has 0 aromatic heterocycles.